The molecule has 0 spiro atoms. The van der Waals surface area contributed by atoms with E-state index in [-0.39, 0.29) is 6.04 Å². The molecule has 0 fully saturated rings. The summed E-state index contributed by atoms with van der Waals surface area (Å²) in [5, 5.41) is 6.22. The Labute approximate surface area is 99.5 Å². The smallest absolute Gasteiger partial charge is 0.0162 e. The zero-order valence-corrected chi connectivity index (χ0v) is 10.7. The average molecular weight is 234 g/mol. The van der Waals surface area contributed by atoms with Crippen LogP contribution in [0.15, 0.2) is 0 Å². The minimum absolute atomic E-state index is 0.221. The maximum absolute atomic E-state index is 5.49. The van der Waals surface area contributed by atoms with Crippen LogP contribution in [0.25, 0.3) is 0 Å². The molecule has 0 aromatic heterocycles. The molecule has 0 aromatic carbocycles. The molecule has 2 atom stereocenters. The standard InChI is InChI=1S/C6H17N3.C4H13N3/c1-5(8)4-9-6(2)3-7;5-1-3-7-4-2-6/h5-6,9H,3-4,7-8H2,1-2H3;7H,1-6H2. The summed E-state index contributed by atoms with van der Waals surface area (Å²) >= 11 is 0. The SMILES string of the molecule is CC(N)CNC(C)CN.NCCNCCN. The van der Waals surface area contributed by atoms with Crippen molar-refractivity contribution in [1.29, 1.82) is 0 Å². The molecular weight excluding hydrogens is 204 g/mol. The molecule has 0 bridgehead atoms. The Bertz CT molecular complexity index is 116. The molecule has 6 nitrogen and oxygen atoms in total. The first-order chi connectivity index (χ1) is 7.58. The summed E-state index contributed by atoms with van der Waals surface area (Å²) in [6.45, 7) is 8.66. The molecule has 10 N–H and O–H groups in total. The quantitative estimate of drug-likeness (QED) is 0.264. The first-order valence-corrected chi connectivity index (χ1v) is 5.88. The van der Waals surface area contributed by atoms with E-state index in [1.54, 1.807) is 0 Å². The molecule has 0 amide bonds. The van der Waals surface area contributed by atoms with E-state index in [1.807, 2.05) is 13.8 Å². The van der Waals surface area contributed by atoms with Crippen LogP contribution in [0.5, 0.6) is 0 Å². The van der Waals surface area contributed by atoms with Crippen LogP contribution in [0.2, 0.25) is 0 Å². The maximum atomic E-state index is 5.49. The van der Waals surface area contributed by atoms with E-state index in [2.05, 4.69) is 10.6 Å². The van der Waals surface area contributed by atoms with Crippen molar-refractivity contribution in [3.05, 3.63) is 0 Å². The van der Waals surface area contributed by atoms with Gasteiger partial charge in [0.05, 0.1) is 0 Å². The zero-order valence-electron chi connectivity index (χ0n) is 10.7. The van der Waals surface area contributed by atoms with Crippen molar-refractivity contribution >= 4 is 0 Å². The third-order valence-electron chi connectivity index (χ3n) is 1.78. The predicted octanol–water partition coefficient (Wildman–Crippen LogP) is -2.24. The van der Waals surface area contributed by atoms with Gasteiger partial charge in [0.25, 0.3) is 0 Å². The largest absolute Gasteiger partial charge is 0.329 e. The van der Waals surface area contributed by atoms with Crippen molar-refractivity contribution in [2.75, 3.05) is 39.3 Å². The van der Waals surface area contributed by atoms with E-state index in [1.165, 1.54) is 0 Å². The minimum atomic E-state index is 0.221. The summed E-state index contributed by atoms with van der Waals surface area (Å²) in [6, 6.07) is 0.606. The van der Waals surface area contributed by atoms with Gasteiger partial charge in [-0.05, 0) is 13.8 Å². The number of nitrogens with one attached hydrogen (secondary N) is 2. The van der Waals surface area contributed by atoms with Crippen LogP contribution in [0.4, 0.5) is 0 Å². The van der Waals surface area contributed by atoms with Crippen LogP contribution in [-0.2, 0) is 0 Å². The van der Waals surface area contributed by atoms with E-state index in [0.29, 0.717) is 25.7 Å². The lowest BCUT2D eigenvalue weighted by Crippen LogP contribution is -2.40. The molecule has 0 heterocycles. The molecule has 16 heavy (non-hydrogen) atoms. The van der Waals surface area contributed by atoms with Gasteiger partial charge in [0.15, 0.2) is 0 Å². The first-order valence-electron chi connectivity index (χ1n) is 5.88. The Balaban J connectivity index is 0. The van der Waals surface area contributed by atoms with Crippen molar-refractivity contribution in [3.63, 3.8) is 0 Å². The molecule has 0 aliphatic heterocycles. The molecule has 0 aliphatic carbocycles. The van der Waals surface area contributed by atoms with Crippen molar-refractivity contribution < 1.29 is 0 Å². The molecule has 0 aromatic rings. The Kier molecular flexibility index (Phi) is 16.7. The second-order valence-electron chi connectivity index (χ2n) is 3.85. The molecule has 0 saturated carbocycles. The Morgan fingerprint density at radius 2 is 1.50 bits per heavy atom. The van der Waals surface area contributed by atoms with E-state index in [9.17, 15) is 0 Å². The van der Waals surface area contributed by atoms with Gasteiger partial charge in [-0.1, -0.05) is 0 Å². The van der Waals surface area contributed by atoms with E-state index in [4.69, 9.17) is 22.9 Å². The van der Waals surface area contributed by atoms with Crippen LogP contribution >= 0.6 is 0 Å². The maximum Gasteiger partial charge on any atom is 0.0162 e. The highest BCUT2D eigenvalue weighted by Gasteiger charge is 1.97. The molecule has 100 valence electrons. The molecule has 0 aliphatic rings. The van der Waals surface area contributed by atoms with Crippen LogP contribution in [-0.4, -0.2) is 51.4 Å². The fourth-order valence-corrected chi connectivity index (χ4v) is 0.800. The summed E-state index contributed by atoms with van der Waals surface area (Å²) in [6.07, 6.45) is 0. The van der Waals surface area contributed by atoms with Crippen LogP contribution < -0.4 is 33.6 Å². The van der Waals surface area contributed by atoms with E-state index >= 15 is 0 Å². The molecule has 0 radical (unpaired) electrons. The fourth-order valence-electron chi connectivity index (χ4n) is 0.800. The Hall–Kier alpha value is -0.240. The van der Waals surface area contributed by atoms with Crippen molar-refractivity contribution in [3.8, 4) is 0 Å². The minimum Gasteiger partial charge on any atom is -0.329 e. The molecule has 6 heteroatoms. The number of hydrogen-bond acceptors (Lipinski definition) is 6. The monoisotopic (exact) mass is 234 g/mol. The summed E-state index contributed by atoms with van der Waals surface area (Å²) in [7, 11) is 0. The Morgan fingerprint density at radius 1 is 1.00 bits per heavy atom. The summed E-state index contributed by atoms with van der Waals surface area (Å²) in [4.78, 5) is 0. The van der Waals surface area contributed by atoms with Crippen LogP contribution in [0.3, 0.4) is 0 Å². The lowest BCUT2D eigenvalue weighted by molar-refractivity contribution is 0.523. The fraction of sp³-hybridized carbons (Fsp3) is 1.00. The third kappa shape index (κ3) is 19.4. The van der Waals surface area contributed by atoms with Gasteiger partial charge in [0.2, 0.25) is 0 Å². The van der Waals surface area contributed by atoms with Crippen molar-refractivity contribution in [2.24, 2.45) is 22.9 Å². The lowest BCUT2D eigenvalue weighted by Gasteiger charge is -2.12. The second-order valence-corrected chi connectivity index (χ2v) is 3.85. The lowest BCUT2D eigenvalue weighted by atomic mass is 10.3. The zero-order chi connectivity index (χ0) is 12.8. The van der Waals surface area contributed by atoms with Gasteiger partial charge in [0.1, 0.15) is 0 Å². The normalized spacial score (nSPS) is 13.9. The van der Waals surface area contributed by atoms with Crippen molar-refractivity contribution in [1.82, 2.24) is 10.6 Å². The van der Waals surface area contributed by atoms with Crippen LogP contribution in [0.1, 0.15) is 13.8 Å². The van der Waals surface area contributed by atoms with Crippen LogP contribution in [0, 0.1) is 0 Å². The third-order valence-corrected chi connectivity index (χ3v) is 1.78. The number of rotatable bonds is 8. The molecule has 0 rings (SSSR count). The average Bonchev–Trinajstić information content (AvgIpc) is 2.27. The Morgan fingerprint density at radius 3 is 1.81 bits per heavy atom. The summed E-state index contributed by atoms with van der Waals surface area (Å²) < 4.78 is 0. The van der Waals surface area contributed by atoms with Gasteiger partial charge < -0.3 is 33.6 Å². The van der Waals surface area contributed by atoms with Gasteiger partial charge in [-0.15, -0.1) is 0 Å². The van der Waals surface area contributed by atoms with Gasteiger partial charge in [-0.2, -0.15) is 0 Å². The van der Waals surface area contributed by atoms with Gasteiger partial charge in [-0.25, -0.2) is 0 Å². The van der Waals surface area contributed by atoms with Gasteiger partial charge in [-0.3, -0.25) is 0 Å². The highest BCUT2D eigenvalue weighted by Crippen LogP contribution is 1.76. The highest BCUT2D eigenvalue weighted by atomic mass is 14.9. The van der Waals surface area contributed by atoms with E-state index < -0.39 is 0 Å². The van der Waals surface area contributed by atoms with Gasteiger partial charge in [0, 0.05) is 51.4 Å². The molecule has 0 saturated heterocycles. The number of hydrogen-bond donors (Lipinski definition) is 6. The number of nitrogens with two attached hydrogens (primary N) is 4. The molecule has 2 unspecified atom stereocenters. The first kappa shape index (κ1) is 18.1. The summed E-state index contributed by atoms with van der Waals surface area (Å²) in [5.74, 6) is 0. The topological polar surface area (TPSA) is 128 Å². The van der Waals surface area contributed by atoms with E-state index in [0.717, 1.165) is 19.6 Å². The van der Waals surface area contributed by atoms with Crippen molar-refractivity contribution in [2.45, 2.75) is 25.9 Å². The summed E-state index contributed by atoms with van der Waals surface area (Å²) in [5.41, 5.74) is 21.2. The highest BCUT2D eigenvalue weighted by molar-refractivity contribution is 4.64. The van der Waals surface area contributed by atoms with Gasteiger partial charge >= 0.3 is 0 Å². The second kappa shape index (κ2) is 14.8. The predicted molar refractivity (Wildman–Crippen MR) is 71.1 cm³/mol. The molecular formula is C10H30N6.